The van der Waals surface area contributed by atoms with E-state index in [1.165, 1.54) is 24.1 Å². The molecular weight excluding hydrogens is 544 g/mol. The molecule has 0 aromatic heterocycles. The fourth-order valence-corrected chi connectivity index (χ4v) is 5.01. The number of hydrogen-bond donors (Lipinski definition) is 1. The van der Waals surface area contributed by atoms with E-state index < -0.39 is 16.1 Å². The molecule has 0 aliphatic heterocycles. The lowest BCUT2D eigenvalue weighted by Crippen LogP contribution is -2.46. The van der Waals surface area contributed by atoms with Crippen LogP contribution >= 0.6 is 46.4 Å². The second-order valence-corrected chi connectivity index (χ2v) is 11.2. The monoisotopic (exact) mass is 567 g/mol. The van der Waals surface area contributed by atoms with Crippen molar-refractivity contribution >= 4 is 73.9 Å². The van der Waals surface area contributed by atoms with Crippen LogP contribution in [0, 0.1) is 0 Å². The van der Waals surface area contributed by atoms with Gasteiger partial charge in [-0.1, -0.05) is 52.5 Å². The maximum absolute atomic E-state index is 13.1. The molecule has 1 atom stereocenters. The number of amides is 2. The Morgan fingerprint density at radius 3 is 2.24 bits per heavy atom. The second-order valence-electron chi connectivity index (χ2n) is 7.59. The number of nitrogens with zero attached hydrogens (tertiary/aromatic N) is 2. The van der Waals surface area contributed by atoms with Crippen molar-refractivity contribution in [3.8, 4) is 0 Å². The number of likely N-dealkylation sites (N-methyl/N-ethyl adjacent to an activating group) is 1. The second kappa shape index (κ2) is 12.3. The van der Waals surface area contributed by atoms with Crippen molar-refractivity contribution in [2.24, 2.45) is 0 Å². The Morgan fingerprint density at radius 2 is 1.65 bits per heavy atom. The first-order valence-corrected chi connectivity index (χ1v) is 13.6. The third-order valence-corrected chi connectivity index (χ3v) is 7.55. The van der Waals surface area contributed by atoms with Crippen LogP contribution in [-0.2, 0) is 26.2 Å². The number of nitrogens with one attached hydrogen (secondary N) is 1. The molecular formula is C22H25Cl4N3O4S. The molecule has 0 bridgehead atoms. The highest BCUT2D eigenvalue weighted by Gasteiger charge is 2.26. The fourth-order valence-electron chi connectivity index (χ4n) is 3.29. The van der Waals surface area contributed by atoms with E-state index in [2.05, 4.69) is 5.32 Å². The highest BCUT2D eigenvalue weighted by atomic mass is 35.5. The molecule has 0 saturated carbocycles. The largest absolute Gasteiger partial charge is 0.357 e. The molecule has 1 unspecified atom stereocenters. The van der Waals surface area contributed by atoms with Gasteiger partial charge in [0.1, 0.15) is 6.04 Å². The van der Waals surface area contributed by atoms with Crippen LogP contribution in [0.15, 0.2) is 36.4 Å². The minimum Gasteiger partial charge on any atom is -0.357 e. The van der Waals surface area contributed by atoms with Crippen LogP contribution in [0.4, 0.5) is 5.69 Å². The molecule has 2 amide bonds. The van der Waals surface area contributed by atoms with Crippen LogP contribution < -0.4 is 9.62 Å². The highest BCUT2D eigenvalue weighted by molar-refractivity contribution is 7.92. The van der Waals surface area contributed by atoms with E-state index in [-0.39, 0.29) is 48.5 Å². The number of sulfonamides is 1. The van der Waals surface area contributed by atoms with Crippen LogP contribution in [0.25, 0.3) is 0 Å². The molecule has 7 nitrogen and oxygen atoms in total. The number of carbonyl (C=O) groups excluding carboxylic acids is 2. The first kappa shape index (κ1) is 28.5. The predicted molar refractivity (Wildman–Crippen MR) is 138 cm³/mol. The number of hydrogen-bond acceptors (Lipinski definition) is 4. The molecule has 2 aromatic carbocycles. The van der Waals surface area contributed by atoms with Gasteiger partial charge >= 0.3 is 0 Å². The van der Waals surface area contributed by atoms with Crippen LogP contribution in [0.3, 0.4) is 0 Å². The summed E-state index contributed by atoms with van der Waals surface area (Å²) in [6, 6.07) is 8.72. The molecule has 186 valence electrons. The van der Waals surface area contributed by atoms with Crippen LogP contribution in [-0.4, -0.2) is 51.0 Å². The van der Waals surface area contributed by atoms with Crippen molar-refractivity contribution in [3.63, 3.8) is 0 Å². The van der Waals surface area contributed by atoms with Crippen LogP contribution in [0.1, 0.15) is 25.3 Å². The third kappa shape index (κ3) is 7.65. The number of anilines is 1. The van der Waals surface area contributed by atoms with Crippen LogP contribution in [0.5, 0.6) is 0 Å². The Bertz CT molecular complexity index is 1160. The third-order valence-electron chi connectivity index (χ3n) is 5.08. The Labute approximate surface area is 220 Å². The number of benzene rings is 2. The van der Waals surface area contributed by atoms with E-state index in [9.17, 15) is 18.0 Å². The Morgan fingerprint density at radius 1 is 1.00 bits per heavy atom. The molecule has 0 aliphatic carbocycles. The lowest BCUT2D eigenvalue weighted by atomic mass is 10.1. The SMILES string of the molecule is CNC(=O)C(C)N(Cc1ccc(Cl)c(Cl)c1)C(=O)CCCN(c1cc(Cl)ccc1Cl)S(C)(=O)=O. The van der Waals surface area contributed by atoms with Crippen molar-refractivity contribution in [2.45, 2.75) is 32.4 Å². The fraction of sp³-hybridized carbons (Fsp3) is 0.364. The smallest absolute Gasteiger partial charge is 0.242 e. The van der Waals surface area contributed by atoms with E-state index in [1.807, 2.05) is 0 Å². The van der Waals surface area contributed by atoms with Gasteiger partial charge in [-0.05, 0) is 49.2 Å². The molecule has 2 rings (SSSR count). The summed E-state index contributed by atoms with van der Waals surface area (Å²) in [6.45, 7) is 1.74. The molecule has 0 fully saturated rings. The maximum atomic E-state index is 13.1. The van der Waals surface area contributed by atoms with Gasteiger partial charge in [0, 0.05) is 31.6 Å². The summed E-state index contributed by atoms with van der Waals surface area (Å²) < 4.78 is 25.9. The van der Waals surface area contributed by atoms with Crippen molar-refractivity contribution in [3.05, 3.63) is 62.1 Å². The van der Waals surface area contributed by atoms with Gasteiger partial charge in [-0.2, -0.15) is 0 Å². The topological polar surface area (TPSA) is 86.8 Å². The van der Waals surface area contributed by atoms with Crippen molar-refractivity contribution < 1.29 is 18.0 Å². The Balaban J connectivity index is 2.20. The number of halogens is 4. The van der Waals surface area contributed by atoms with Gasteiger partial charge in [0.15, 0.2) is 0 Å². The van der Waals surface area contributed by atoms with Gasteiger partial charge in [-0.25, -0.2) is 8.42 Å². The van der Waals surface area contributed by atoms with Crippen molar-refractivity contribution in [1.82, 2.24) is 10.2 Å². The molecule has 12 heteroatoms. The van der Waals surface area contributed by atoms with Gasteiger partial charge in [-0.15, -0.1) is 0 Å². The zero-order chi connectivity index (χ0) is 25.6. The summed E-state index contributed by atoms with van der Waals surface area (Å²) in [6.07, 6.45) is 1.23. The van der Waals surface area contributed by atoms with Crippen molar-refractivity contribution in [1.29, 1.82) is 0 Å². The molecule has 2 aromatic rings. The molecule has 1 N–H and O–H groups in total. The van der Waals surface area contributed by atoms with Gasteiger partial charge in [-0.3, -0.25) is 13.9 Å². The highest BCUT2D eigenvalue weighted by Crippen LogP contribution is 2.31. The number of carbonyl (C=O) groups is 2. The zero-order valence-corrected chi connectivity index (χ0v) is 22.7. The quantitative estimate of drug-likeness (QED) is 0.436. The van der Waals surface area contributed by atoms with Gasteiger partial charge in [0.2, 0.25) is 21.8 Å². The van der Waals surface area contributed by atoms with Gasteiger partial charge in [0.05, 0.1) is 27.0 Å². The Kier molecular flexibility index (Phi) is 10.3. The molecule has 0 radical (unpaired) electrons. The summed E-state index contributed by atoms with van der Waals surface area (Å²) in [5, 5.41) is 3.80. The predicted octanol–water partition coefficient (Wildman–Crippen LogP) is 5.01. The lowest BCUT2D eigenvalue weighted by molar-refractivity contribution is -0.140. The van der Waals surface area contributed by atoms with E-state index in [4.69, 9.17) is 46.4 Å². The van der Waals surface area contributed by atoms with Crippen LogP contribution in [0.2, 0.25) is 20.1 Å². The summed E-state index contributed by atoms with van der Waals surface area (Å²) in [5.74, 6) is -0.662. The average Bonchev–Trinajstić information content (AvgIpc) is 2.77. The van der Waals surface area contributed by atoms with E-state index in [0.29, 0.717) is 20.6 Å². The molecule has 0 saturated heterocycles. The minimum atomic E-state index is -3.69. The van der Waals surface area contributed by atoms with Crippen molar-refractivity contribution in [2.75, 3.05) is 24.2 Å². The molecule has 34 heavy (non-hydrogen) atoms. The van der Waals surface area contributed by atoms with Gasteiger partial charge in [0.25, 0.3) is 0 Å². The summed E-state index contributed by atoms with van der Waals surface area (Å²) in [5.41, 5.74) is 0.928. The first-order chi connectivity index (χ1) is 15.8. The summed E-state index contributed by atoms with van der Waals surface area (Å²) >= 11 is 24.3. The molecule has 0 spiro atoms. The number of rotatable bonds is 10. The molecule has 0 aliphatic rings. The average molecular weight is 569 g/mol. The summed E-state index contributed by atoms with van der Waals surface area (Å²) in [4.78, 5) is 26.8. The Hall–Kier alpha value is -1.71. The molecule has 0 heterocycles. The van der Waals surface area contributed by atoms with E-state index >= 15 is 0 Å². The van der Waals surface area contributed by atoms with E-state index in [0.717, 1.165) is 10.6 Å². The van der Waals surface area contributed by atoms with E-state index in [1.54, 1.807) is 31.2 Å². The normalized spacial score (nSPS) is 12.2. The lowest BCUT2D eigenvalue weighted by Gasteiger charge is -2.29. The van der Waals surface area contributed by atoms with Gasteiger partial charge < -0.3 is 10.2 Å². The first-order valence-electron chi connectivity index (χ1n) is 10.2. The zero-order valence-electron chi connectivity index (χ0n) is 18.8. The summed E-state index contributed by atoms with van der Waals surface area (Å²) in [7, 11) is -2.21. The minimum absolute atomic E-state index is 0.000393. The maximum Gasteiger partial charge on any atom is 0.242 e. The standard InChI is InChI=1S/C22H25Cl4N3O4S/c1-14(22(31)27-2)28(13-15-6-8-17(24)19(26)11-15)21(30)5-4-10-29(34(3,32)33)20-12-16(23)7-9-18(20)25/h6-9,11-12,14H,4-5,10,13H2,1-3H3,(H,27,31).